The Balaban J connectivity index is 1.72. The SMILES string of the molecule is CN=C(NCCCCC(F)(F)F)NC1CCN(c2cccc(Cl)c2)C1. The summed E-state index contributed by atoms with van der Waals surface area (Å²) in [5.74, 6) is 0.630. The van der Waals surface area contributed by atoms with Gasteiger partial charge in [-0.2, -0.15) is 13.2 Å². The van der Waals surface area contributed by atoms with Crippen LogP contribution < -0.4 is 15.5 Å². The Labute approximate surface area is 151 Å². The van der Waals surface area contributed by atoms with E-state index in [4.69, 9.17) is 11.6 Å². The molecule has 0 bridgehead atoms. The van der Waals surface area contributed by atoms with Crippen LogP contribution in [0.15, 0.2) is 29.3 Å². The lowest BCUT2D eigenvalue weighted by Gasteiger charge is -2.20. The van der Waals surface area contributed by atoms with Gasteiger partial charge in [0.15, 0.2) is 5.96 Å². The zero-order valence-corrected chi connectivity index (χ0v) is 15.0. The largest absolute Gasteiger partial charge is 0.389 e. The van der Waals surface area contributed by atoms with Gasteiger partial charge in [-0.15, -0.1) is 0 Å². The zero-order chi connectivity index (χ0) is 18.3. The molecule has 140 valence electrons. The van der Waals surface area contributed by atoms with E-state index in [0.29, 0.717) is 23.9 Å². The Bertz CT molecular complexity index is 577. The number of nitrogens with zero attached hydrogens (tertiary/aromatic N) is 2. The maximum atomic E-state index is 12.1. The highest BCUT2D eigenvalue weighted by Crippen LogP contribution is 2.23. The van der Waals surface area contributed by atoms with Crippen LogP contribution in [0.1, 0.15) is 25.7 Å². The molecule has 0 radical (unpaired) electrons. The van der Waals surface area contributed by atoms with Crippen LogP contribution in [0.2, 0.25) is 5.02 Å². The number of unbranched alkanes of at least 4 members (excludes halogenated alkanes) is 1. The maximum absolute atomic E-state index is 12.1. The number of halogens is 4. The van der Waals surface area contributed by atoms with Crippen molar-refractivity contribution in [3.05, 3.63) is 29.3 Å². The molecule has 0 amide bonds. The summed E-state index contributed by atoms with van der Waals surface area (Å²) in [6, 6.07) is 7.99. The number of nitrogens with one attached hydrogen (secondary N) is 2. The van der Waals surface area contributed by atoms with Crippen molar-refractivity contribution in [2.45, 2.75) is 37.9 Å². The second-order valence-electron chi connectivity index (χ2n) is 6.13. The number of hydrogen-bond acceptors (Lipinski definition) is 2. The smallest absolute Gasteiger partial charge is 0.369 e. The molecule has 0 aromatic heterocycles. The summed E-state index contributed by atoms with van der Waals surface area (Å²) in [6.07, 6.45) is -3.27. The lowest BCUT2D eigenvalue weighted by atomic mass is 10.2. The second kappa shape index (κ2) is 9.17. The van der Waals surface area contributed by atoms with Crippen molar-refractivity contribution in [1.29, 1.82) is 0 Å². The number of benzene rings is 1. The van der Waals surface area contributed by atoms with Crippen molar-refractivity contribution in [1.82, 2.24) is 10.6 Å². The van der Waals surface area contributed by atoms with E-state index in [0.717, 1.165) is 25.2 Å². The summed E-state index contributed by atoms with van der Waals surface area (Å²) in [4.78, 5) is 6.39. The quantitative estimate of drug-likeness (QED) is 0.450. The molecule has 2 N–H and O–H groups in total. The summed E-state index contributed by atoms with van der Waals surface area (Å²) >= 11 is 6.04. The topological polar surface area (TPSA) is 39.7 Å². The molecule has 1 aromatic carbocycles. The molecule has 1 saturated heterocycles. The van der Waals surface area contributed by atoms with Crippen LogP contribution in [0, 0.1) is 0 Å². The minimum Gasteiger partial charge on any atom is -0.369 e. The van der Waals surface area contributed by atoms with Gasteiger partial charge in [-0.25, -0.2) is 0 Å². The van der Waals surface area contributed by atoms with Crippen LogP contribution in [0.3, 0.4) is 0 Å². The van der Waals surface area contributed by atoms with Crippen LogP contribution in [0.4, 0.5) is 18.9 Å². The molecule has 8 heteroatoms. The van der Waals surface area contributed by atoms with Crippen LogP contribution in [-0.2, 0) is 0 Å². The fourth-order valence-corrected chi connectivity index (χ4v) is 3.02. The van der Waals surface area contributed by atoms with Gasteiger partial charge in [-0.05, 0) is 37.5 Å². The van der Waals surface area contributed by atoms with E-state index in [1.54, 1.807) is 7.05 Å². The highest BCUT2D eigenvalue weighted by atomic mass is 35.5. The molecule has 4 nitrogen and oxygen atoms in total. The lowest BCUT2D eigenvalue weighted by molar-refractivity contribution is -0.135. The average molecular weight is 377 g/mol. The number of guanidine groups is 1. The molecular weight excluding hydrogens is 353 g/mol. The third kappa shape index (κ3) is 7.02. The van der Waals surface area contributed by atoms with E-state index in [-0.39, 0.29) is 12.5 Å². The minimum atomic E-state index is -4.08. The van der Waals surface area contributed by atoms with Crippen molar-refractivity contribution in [3.63, 3.8) is 0 Å². The summed E-state index contributed by atoms with van der Waals surface area (Å²) in [5, 5.41) is 7.12. The normalized spacial score (nSPS) is 18.5. The summed E-state index contributed by atoms with van der Waals surface area (Å²) in [5.41, 5.74) is 1.09. The molecule has 0 saturated carbocycles. The number of hydrogen-bond donors (Lipinski definition) is 2. The Morgan fingerprint density at radius 3 is 2.84 bits per heavy atom. The van der Waals surface area contributed by atoms with Gasteiger partial charge in [0.25, 0.3) is 0 Å². The molecule has 25 heavy (non-hydrogen) atoms. The Morgan fingerprint density at radius 1 is 1.36 bits per heavy atom. The molecule has 1 aliphatic heterocycles. The number of aliphatic imine (C=N–C) groups is 1. The number of alkyl halides is 3. The summed E-state index contributed by atoms with van der Waals surface area (Å²) < 4.78 is 36.3. The van der Waals surface area contributed by atoms with Gasteiger partial charge in [-0.1, -0.05) is 17.7 Å². The standard InChI is InChI=1S/C17H24ClF3N4/c1-22-16(23-9-3-2-8-17(19,20)21)24-14-7-10-25(12-14)15-6-4-5-13(18)11-15/h4-6,11,14H,2-3,7-10,12H2,1H3,(H2,22,23,24). The fourth-order valence-electron chi connectivity index (χ4n) is 2.83. The van der Waals surface area contributed by atoms with E-state index < -0.39 is 12.6 Å². The van der Waals surface area contributed by atoms with Crippen molar-refractivity contribution in [2.75, 3.05) is 31.6 Å². The van der Waals surface area contributed by atoms with E-state index in [1.165, 1.54) is 0 Å². The van der Waals surface area contributed by atoms with Gasteiger partial charge < -0.3 is 15.5 Å². The van der Waals surface area contributed by atoms with Gasteiger partial charge in [0.1, 0.15) is 0 Å². The monoisotopic (exact) mass is 376 g/mol. The molecule has 0 aliphatic carbocycles. The molecule has 1 fully saturated rings. The third-order valence-electron chi connectivity index (χ3n) is 4.11. The van der Waals surface area contributed by atoms with E-state index in [2.05, 4.69) is 20.5 Å². The van der Waals surface area contributed by atoms with Crippen LogP contribution in [0.25, 0.3) is 0 Å². The Kier molecular flexibility index (Phi) is 7.23. The average Bonchev–Trinajstić information content (AvgIpc) is 3.01. The van der Waals surface area contributed by atoms with Gasteiger partial charge in [0.2, 0.25) is 0 Å². The van der Waals surface area contributed by atoms with Crippen LogP contribution in [-0.4, -0.2) is 44.9 Å². The van der Waals surface area contributed by atoms with Gasteiger partial charge >= 0.3 is 6.18 Å². The maximum Gasteiger partial charge on any atom is 0.389 e. The molecular formula is C17H24ClF3N4. The summed E-state index contributed by atoms with van der Waals surface area (Å²) in [6.45, 7) is 2.22. The summed E-state index contributed by atoms with van der Waals surface area (Å²) in [7, 11) is 1.66. The van der Waals surface area contributed by atoms with E-state index >= 15 is 0 Å². The highest BCUT2D eigenvalue weighted by Gasteiger charge is 2.26. The number of rotatable bonds is 6. The predicted molar refractivity (Wildman–Crippen MR) is 96.5 cm³/mol. The van der Waals surface area contributed by atoms with Crippen LogP contribution >= 0.6 is 11.6 Å². The first-order valence-electron chi connectivity index (χ1n) is 8.42. The van der Waals surface area contributed by atoms with Crippen molar-refractivity contribution in [3.8, 4) is 0 Å². The van der Waals surface area contributed by atoms with E-state index in [9.17, 15) is 13.2 Å². The number of anilines is 1. The fraction of sp³-hybridized carbons (Fsp3) is 0.588. The highest BCUT2D eigenvalue weighted by molar-refractivity contribution is 6.30. The van der Waals surface area contributed by atoms with Gasteiger partial charge in [0.05, 0.1) is 0 Å². The molecule has 1 heterocycles. The molecule has 2 rings (SSSR count). The molecule has 1 aromatic rings. The lowest BCUT2D eigenvalue weighted by Crippen LogP contribution is -2.44. The molecule has 0 spiro atoms. The van der Waals surface area contributed by atoms with E-state index in [1.807, 2.05) is 24.3 Å². The van der Waals surface area contributed by atoms with Crippen molar-refractivity contribution >= 4 is 23.2 Å². The first kappa shape index (κ1) is 19.7. The van der Waals surface area contributed by atoms with Crippen LogP contribution in [0.5, 0.6) is 0 Å². The first-order chi connectivity index (χ1) is 11.9. The second-order valence-corrected chi connectivity index (χ2v) is 6.56. The Hall–Kier alpha value is -1.63. The third-order valence-corrected chi connectivity index (χ3v) is 4.34. The minimum absolute atomic E-state index is 0.124. The first-order valence-corrected chi connectivity index (χ1v) is 8.79. The van der Waals surface area contributed by atoms with Crippen molar-refractivity contribution < 1.29 is 13.2 Å². The molecule has 1 aliphatic rings. The predicted octanol–water partition coefficient (Wildman–Crippen LogP) is 3.82. The molecule has 1 unspecified atom stereocenters. The zero-order valence-electron chi connectivity index (χ0n) is 14.2. The van der Waals surface area contributed by atoms with Gasteiger partial charge in [0, 0.05) is 49.9 Å². The van der Waals surface area contributed by atoms with Crippen molar-refractivity contribution in [2.24, 2.45) is 4.99 Å². The Morgan fingerprint density at radius 2 is 2.16 bits per heavy atom. The molecule has 1 atom stereocenters. The van der Waals surface area contributed by atoms with Gasteiger partial charge in [-0.3, -0.25) is 4.99 Å².